The molecule has 1 aromatic carbocycles. The lowest BCUT2D eigenvalue weighted by Gasteiger charge is -2.04. The fourth-order valence-electron chi connectivity index (χ4n) is 1.90. The van der Waals surface area contributed by atoms with E-state index in [1.165, 1.54) is 29.5 Å². The van der Waals surface area contributed by atoms with Gasteiger partial charge in [-0.3, -0.25) is 0 Å². The van der Waals surface area contributed by atoms with Crippen molar-refractivity contribution in [2.24, 2.45) is 0 Å². The molecule has 96 valence electrons. The van der Waals surface area contributed by atoms with Gasteiger partial charge in [0.15, 0.2) is 17.1 Å². The topological polar surface area (TPSA) is 110 Å². The van der Waals surface area contributed by atoms with Crippen molar-refractivity contribution in [1.82, 2.24) is 19.6 Å². The van der Waals surface area contributed by atoms with Gasteiger partial charge in [-0.1, -0.05) is 6.07 Å². The van der Waals surface area contributed by atoms with Crippen molar-refractivity contribution >= 4 is 11.2 Å². The van der Waals surface area contributed by atoms with Crippen LogP contribution in [0.3, 0.4) is 0 Å². The van der Waals surface area contributed by atoms with Crippen LogP contribution in [0.15, 0.2) is 30.9 Å². The van der Waals surface area contributed by atoms with Crippen LogP contribution in [0.4, 0.5) is 0 Å². The van der Waals surface area contributed by atoms with Gasteiger partial charge in [-0.15, -0.1) is 0 Å². The SMILES string of the molecule is Nn1cnc2c(Cc3ccc(O)c(O)c3)ncnc21. The first-order valence-electron chi connectivity index (χ1n) is 5.58. The summed E-state index contributed by atoms with van der Waals surface area (Å²) in [5.41, 5.74) is 2.69. The van der Waals surface area contributed by atoms with Gasteiger partial charge in [-0.2, -0.15) is 0 Å². The third-order valence-electron chi connectivity index (χ3n) is 2.85. The zero-order valence-corrected chi connectivity index (χ0v) is 9.85. The van der Waals surface area contributed by atoms with Gasteiger partial charge in [0.1, 0.15) is 18.2 Å². The standard InChI is InChI=1S/C12H11N5O2/c13-17-6-16-11-8(14-5-15-12(11)17)3-7-1-2-9(18)10(19)4-7/h1-2,4-6,18-19H,3,13H2. The average molecular weight is 257 g/mol. The van der Waals surface area contributed by atoms with Crippen LogP contribution in [0.1, 0.15) is 11.3 Å². The van der Waals surface area contributed by atoms with Gasteiger partial charge >= 0.3 is 0 Å². The van der Waals surface area contributed by atoms with Crippen molar-refractivity contribution in [1.29, 1.82) is 0 Å². The zero-order valence-electron chi connectivity index (χ0n) is 9.85. The number of benzene rings is 1. The highest BCUT2D eigenvalue weighted by Crippen LogP contribution is 2.26. The van der Waals surface area contributed by atoms with Gasteiger partial charge < -0.3 is 16.1 Å². The van der Waals surface area contributed by atoms with Crippen LogP contribution in [-0.2, 0) is 6.42 Å². The molecule has 0 saturated heterocycles. The van der Waals surface area contributed by atoms with E-state index in [9.17, 15) is 10.2 Å². The number of imidazole rings is 1. The molecule has 0 fully saturated rings. The van der Waals surface area contributed by atoms with E-state index in [0.29, 0.717) is 23.3 Å². The Kier molecular flexibility index (Phi) is 2.45. The summed E-state index contributed by atoms with van der Waals surface area (Å²) in [6, 6.07) is 4.63. The van der Waals surface area contributed by atoms with Crippen molar-refractivity contribution in [3.63, 3.8) is 0 Å². The number of phenols is 2. The lowest BCUT2D eigenvalue weighted by molar-refractivity contribution is 0.403. The monoisotopic (exact) mass is 257 g/mol. The Hall–Kier alpha value is -2.83. The van der Waals surface area contributed by atoms with Crippen LogP contribution >= 0.6 is 0 Å². The molecule has 0 radical (unpaired) electrons. The summed E-state index contributed by atoms with van der Waals surface area (Å²) in [4.78, 5) is 12.4. The van der Waals surface area contributed by atoms with Crippen molar-refractivity contribution in [2.45, 2.75) is 6.42 Å². The first kappa shape index (κ1) is 11.3. The van der Waals surface area contributed by atoms with Gasteiger partial charge in [-0.05, 0) is 17.7 Å². The number of aromatic hydroxyl groups is 2. The van der Waals surface area contributed by atoms with Crippen molar-refractivity contribution in [3.8, 4) is 11.5 Å². The van der Waals surface area contributed by atoms with Crippen molar-refractivity contribution < 1.29 is 10.2 Å². The Balaban J connectivity index is 2.03. The molecule has 0 aliphatic carbocycles. The van der Waals surface area contributed by atoms with Crippen LogP contribution in [0.5, 0.6) is 11.5 Å². The molecular weight excluding hydrogens is 246 g/mol. The third-order valence-corrected chi connectivity index (χ3v) is 2.85. The summed E-state index contributed by atoms with van der Waals surface area (Å²) in [6.07, 6.45) is 3.35. The van der Waals surface area contributed by atoms with Crippen LogP contribution in [0, 0.1) is 0 Å². The van der Waals surface area contributed by atoms with Gasteiger partial charge in [-0.25, -0.2) is 19.6 Å². The van der Waals surface area contributed by atoms with E-state index in [1.54, 1.807) is 6.07 Å². The molecule has 0 saturated carbocycles. The molecule has 2 aromatic heterocycles. The van der Waals surface area contributed by atoms with Gasteiger partial charge in [0.05, 0.1) is 5.69 Å². The second kappa shape index (κ2) is 4.13. The van der Waals surface area contributed by atoms with Crippen molar-refractivity contribution in [3.05, 3.63) is 42.1 Å². The summed E-state index contributed by atoms with van der Waals surface area (Å²) in [7, 11) is 0. The third kappa shape index (κ3) is 1.90. The van der Waals surface area contributed by atoms with E-state index < -0.39 is 0 Å². The van der Waals surface area contributed by atoms with Gasteiger partial charge in [0, 0.05) is 6.42 Å². The molecule has 7 nitrogen and oxygen atoms in total. The minimum atomic E-state index is -0.160. The molecule has 0 amide bonds. The highest BCUT2D eigenvalue weighted by Gasteiger charge is 2.10. The summed E-state index contributed by atoms with van der Waals surface area (Å²) in [6.45, 7) is 0. The van der Waals surface area contributed by atoms with Crippen molar-refractivity contribution in [2.75, 3.05) is 5.84 Å². The van der Waals surface area contributed by atoms with Gasteiger partial charge in [0.2, 0.25) is 0 Å². The highest BCUT2D eigenvalue weighted by molar-refractivity contribution is 5.73. The summed E-state index contributed by atoms with van der Waals surface area (Å²) < 4.78 is 1.33. The largest absolute Gasteiger partial charge is 0.504 e. The molecular formula is C12H11N5O2. The lowest BCUT2D eigenvalue weighted by Crippen LogP contribution is -2.07. The number of rotatable bonds is 2. The molecule has 2 heterocycles. The minimum Gasteiger partial charge on any atom is -0.504 e. The normalized spacial score (nSPS) is 10.9. The maximum atomic E-state index is 9.47. The fraction of sp³-hybridized carbons (Fsp3) is 0.0833. The Morgan fingerprint density at radius 3 is 2.74 bits per heavy atom. The van der Waals surface area contributed by atoms with E-state index in [-0.39, 0.29) is 11.5 Å². The van der Waals surface area contributed by atoms with Crippen LogP contribution in [-0.4, -0.2) is 29.8 Å². The number of nitrogen functional groups attached to an aromatic ring is 1. The van der Waals surface area contributed by atoms with Crippen LogP contribution < -0.4 is 5.84 Å². The van der Waals surface area contributed by atoms with Crippen LogP contribution in [0.2, 0.25) is 0 Å². The summed E-state index contributed by atoms with van der Waals surface area (Å²) in [5, 5.41) is 18.8. The van der Waals surface area contributed by atoms with E-state index >= 15 is 0 Å². The molecule has 4 N–H and O–H groups in total. The zero-order chi connectivity index (χ0) is 13.4. The predicted molar refractivity (Wildman–Crippen MR) is 68.1 cm³/mol. The number of fused-ring (bicyclic) bond motifs is 1. The lowest BCUT2D eigenvalue weighted by atomic mass is 10.1. The first-order chi connectivity index (χ1) is 9.15. The number of nitrogens with zero attached hydrogens (tertiary/aromatic N) is 4. The van der Waals surface area contributed by atoms with Gasteiger partial charge in [0.25, 0.3) is 0 Å². The maximum Gasteiger partial charge on any atom is 0.181 e. The number of phenolic OH excluding ortho intramolecular Hbond substituents is 2. The number of nitrogens with two attached hydrogens (primary N) is 1. The Morgan fingerprint density at radius 2 is 1.95 bits per heavy atom. The Labute approximate surface area is 108 Å². The smallest absolute Gasteiger partial charge is 0.181 e. The molecule has 0 unspecified atom stereocenters. The minimum absolute atomic E-state index is 0.150. The molecule has 0 spiro atoms. The molecule has 0 bridgehead atoms. The number of aromatic nitrogens is 4. The molecule has 7 heteroatoms. The fourth-order valence-corrected chi connectivity index (χ4v) is 1.90. The number of hydrogen-bond donors (Lipinski definition) is 3. The maximum absolute atomic E-state index is 9.47. The number of hydrogen-bond acceptors (Lipinski definition) is 6. The second-order valence-corrected chi connectivity index (χ2v) is 4.14. The quantitative estimate of drug-likeness (QED) is 0.456. The molecule has 3 aromatic rings. The summed E-state index contributed by atoms with van der Waals surface area (Å²) in [5.74, 6) is 5.36. The molecule has 0 atom stereocenters. The molecule has 3 rings (SSSR count). The molecule has 0 aliphatic rings. The molecule has 19 heavy (non-hydrogen) atoms. The Morgan fingerprint density at radius 1 is 1.11 bits per heavy atom. The second-order valence-electron chi connectivity index (χ2n) is 4.14. The Bertz CT molecular complexity index is 753. The van der Waals surface area contributed by atoms with E-state index in [2.05, 4.69) is 15.0 Å². The van der Waals surface area contributed by atoms with E-state index in [1.807, 2.05) is 0 Å². The highest BCUT2D eigenvalue weighted by atomic mass is 16.3. The van der Waals surface area contributed by atoms with E-state index in [0.717, 1.165) is 5.56 Å². The first-order valence-corrected chi connectivity index (χ1v) is 5.58. The van der Waals surface area contributed by atoms with Crippen LogP contribution in [0.25, 0.3) is 11.2 Å². The van der Waals surface area contributed by atoms with E-state index in [4.69, 9.17) is 5.84 Å². The predicted octanol–water partition coefficient (Wildman–Crippen LogP) is 0.542. The summed E-state index contributed by atoms with van der Waals surface area (Å²) >= 11 is 0. The average Bonchev–Trinajstić information content (AvgIpc) is 2.77. The molecule has 0 aliphatic heterocycles.